The van der Waals surface area contributed by atoms with Gasteiger partial charge in [0.05, 0.1) is 7.11 Å². The van der Waals surface area contributed by atoms with Gasteiger partial charge in [0.2, 0.25) is 0 Å². The first-order chi connectivity index (χ1) is 8.20. The molecule has 17 heavy (non-hydrogen) atoms. The van der Waals surface area contributed by atoms with Gasteiger partial charge in [-0.25, -0.2) is 4.79 Å². The summed E-state index contributed by atoms with van der Waals surface area (Å²) in [4.78, 5) is 15.1. The number of aromatic nitrogens is 2. The van der Waals surface area contributed by atoms with Crippen LogP contribution in [0.5, 0.6) is 0 Å². The molecule has 6 nitrogen and oxygen atoms in total. The predicted octanol–water partition coefficient (Wildman–Crippen LogP) is 0.970. The largest absolute Gasteiger partial charge is 0.453 e. The summed E-state index contributed by atoms with van der Waals surface area (Å²) in [5.41, 5.74) is 0. The second-order valence-electron chi connectivity index (χ2n) is 3.66. The number of ether oxygens (including phenoxy) is 1. The second-order valence-corrected chi connectivity index (χ2v) is 4.76. The molecular weight excluding hydrogens is 335 g/mol. The van der Waals surface area contributed by atoms with Gasteiger partial charge in [-0.2, -0.15) is 0 Å². The van der Waals surface area contributed by atoms with Crippen molar-refractivity contribution in [3.63, 3.8) is 0 Å². The standard InChI is InChI=1S/C10H13IN4O2/c1-17-10(16)15-6-4-14(5-7-15)9-3-2-8(11)12-13-9/h2-3H,4-7H2,1H3. The summed E-state index contributed by atoms with van der Waals surface area (Å²) < 4.78 is 5.56. The lowest BCUT2D eigenvalue weighted by molar-refractivity contribution is 0.121. The number of methoxy groups -OCH3 is 1. The molecule has 2 heterocycles. The lowest BCUT2D eigenvalue weighted by Crippen LogP contribution is -2.49. The number of anilines is 1. The summed E-state index contributed by atoms with van der Waals surface area (Å²) in [6.45, 7) is 2.81. The van der Waals surface area contributed by atoms with E-state index >= 15 is 0 Å². The zero-order valence-electron chi connectivity index (χ0n) is 9.47. The quantitative estimate of drug-likeness (QED) is 0.708. The molecule has 0 spiro atoms. The zero-order chi connectivity index (χ0) is 12.3. The molecule has 0 atom stereocenters. The van der Waals surface area contributed by atoms with Crippen molar-refractivity contribution < 1.29 is 9.53 Å². The van der Waals surface area contributed by atoms with E-state index in [1.807, 2.05) is 12.1 Å². The molecule has 0 unspecified atom stereocenters. The van der Waals surface area contributed by atoms with E-state index in [0.29, 0.717) is 13.1 Å². The summed E-state index contributed by atoms with van der Waals surface area (Å²) >= 11 is 2.12. The van der Waals surface area contributed by atoms with E-state index in [2.05, 4.69) is 42.4 Å². The summed E-state index contributed by atoms with van der Waals surface area (Å²) in [5, 5.41) is 8.14. The fourth-order valence-electron chi connectivity index (χ4n) is 1.72. The van der Waals surface area contributed by atoms with Gasteiger partial charge in [-0.3, -0.25) is 0 Å². The summed E-state index contributed by atoms with van der Waals surface area (Å²) in [5.74, 6) is 0.856. The van der Waals surface area contributed by atoms with Crippen LogP contribution in [0.1, 0.15) is 0 Å². The van der Waals surface area contributed by atoms with E-state index in [0.717, 1.165) is 22.6 Å². The number of hydrogen-bond donors (Lipinski definition) is 0. The molecule has 0 N–H and O–H groups in total. The smallest absolute Gasteiger partial charge is 0.409 e. The molecule has 0 saturated carbocycles. The molecule has 92 valence electrons. The van der Waals surface area contributed by atoms with Gasteiger partial charge in [-0.1, -0.05) is 0 Å². The fraction of sp³-hybridized carbons (Fsp3) is 0.500. The second kappa shape index (κ2) is 5.48. The maximum atomic E-state index is 11.3. The number of amides is 1. The fourth-order valence-corrected chi connectivity index (χ4v) is 2.01. The Morgan fingerprint density at radius 1 is 1.29 bits per heavy atom. The Morgan fingerprint density at radius 2 is 2.00 bits per heavy atom. The van der Waals surface area contributed by atoms with Gasteiger partial charge in [0.15, 0.2) is 5.82 Å². The number of carbonyl (C=O) groups is 1. The lowest BCUT2D eigenvalue weighted by Gasteiger charge is -2.34. The summed E-state index contributed by atoms with van der Waals surface area (Å²) in [6.07, 6.45) is -0.265. The first-order valence-electron chi connectivity index (χ1n) is 5.28. The monoisotopic (exact) mass is 348 g/mol. The van der Waals surface area contributed by atoms with Gasteiger partial charge < -0.3 is 14.5 Å². The topological polar surface area (TPSA) is 58.6 Å². The Bertz CT molecular complexity index is 390. The molecule has 0 aromatic carbocycles. The molecule has 1 aliphatic rings. The van der Waals surface area contributed by atoms with Crippen LogP contribution in [0.15, 0.2) is 12.1 Å². The van der Waals surface area contributed by atoms with Gasteiger partial charge in [0.1, 0.15) is 3.70 Å². The first-order valence-corrected chi connectivity index (χ1v) is 6.35. The van der Waals surface area contributed by atoms with Gasteiger partial charge in [-0.15, -0.1) is 10.2 Å². The highest BCUT2D eigenvalue weighted by molar-refractivity contribution is 14.1. The molecule has 7 heteroatoms. The highest BCUT2D eigenvalue weighted by Gasteiger charge is 2.22. The maximum absolute atomic E-state index is 11.3. The van der Waals surface area contributed by atoms with Crippen molar-refractivity contribution in [2.45, 2.75) is 0 Å². The van der Waals surface area contributed by atoms with Crippen LogP contribution in [0.4, 0.5) is 10.6 Å². The highest BCUT2D eigenvalue weighted by atomic mass is 127. The average Bonchev–Trinajstić information content (AvgIpc) is 2.39. The minimum atomic E-state index is -0.265. The van der Waals surface area contributed by atoms with Crippen molar-refractivity contribution in [1.29, 1.82) is 0 Å². The van der Waals surface area contributed by atoms with Crippen LogP contribution in [0.25, 0.3) is 0 Å². The SMILES string of the molecule is COC(=O)N1CCN(c2ccc(I)nn2)CC1. The third-order valence-corrected chi connectivity index (χ3v) is 3.23. The Labute approximate surface area is 113 Å². The molecule has 1 aromatic heterocycles. The Kier molecular flexibility index (Phi) is 3.97. The average molecular weight is 348 g/mol. The third-order valence-electron chi connectivity index (χ3n) is 2.65. The minimum absolute atomic E-state index is 0.265. The van der Waals surface area contributed by atoms with Gasteiger partial charge in [0, 0.05) is 26.2 Å². The van der Waals surface area contributed by atoms with Crippen LogP contribution in [0.2, 0.25) is 0 Å². The zero-order valence-corrected chi connectivity index (χ0v) is 11.6. The van der Waals surface area contributed by atoms with Crippen LogP contribution in [-0.4, -0.2) is 54.5 Å². The molecule has 1 saturated heterocycles. The summed E-state index contributed by atoms with van der Waals surface area (Å²) in [7, 11) is 1.40. The third kappa shape index (κ3) is 2.96. The Balaban J connectivity index is 1.95. The van der Waals surface area contributed by atoms with E-state index in [1.165, 1.54) is 7.11 Å². The van der Waals surface area contributed by atoms with E-state index in [1.54, 1.807) is 4.90 Å². The van der Waals surface area contributed by atoms with Crippen LogP contribution >= 0.6 is 22.6 Å². The number of piperazine rings is 1. The molecule has 1 fully saturated rings. The van der Waals surface area contributed by atoms with Crippen molar-refractivity contribution in [3.8, 4) is 0 Å². The van der Waals surface area contributed by atoms with Crippen molar-refractivity contribution >= 4 is 34.5 Å². The van der Waals surface area contributed by atoms with Crippen LogP contribution in [0, 0.1) is 3.70 Å². The molecule has 0 radical (unpaired) electrons. The molecular formula is C10H13IN4O2. The van der Waals surface area contributed by atoms with Gasteiger partial charge in [-0.05, 0) is 34.7 Å². The van der Waals surface area contributed by atoms with Crippen LogP contribution < -0.4 is 4.90 Å². The minimum Gasteiger partial charge on any atom is -0.453 e. The number of hydrogen-bond acceptors (Lipinski definition) is 5. The first kappa shape index (κ1) is 12.3. The van der Waals surface area contributed by atoms with Crippen molar-refractivity contribution in [3.05, 3.63) is 15.8 Å². The number of nitrogens with zero attached hydrogens (tertiary/aromatic N) is 4. The van der Waals surface area contributed by atoms with Crippen LogP contribution in [0.3, 0.4) is 0 Å². The molecule has 1 aromatic rings. The van der Waals surface area contributed by atoms with Gasteiger partial charge >= 0.3 is 6.09 Å². The number of rotatable bonds is 1. The highest BCUT2D eigenvalue weighted by Crippen LogP contribution is 2.13. The lowest BCUT2D eigenvalue weighted by atomic mass is 10.3. The van der Waals surface area contributed by atoms with E-state index in [-0.39, 0.29) is 6.09 Å². The summed E-state index contributed by atoms with van der Waals surface area (Å²) in [6, 6.07) is 3.87. The number of carbonyl (C=O) groups excluding carboxylic acids is 1. The molecule has 1 amide bonds. The number of halogens is 1. The maximum Gasteiger partial charge on any atom is 0.409 e. The van der Waals surface area contributed by atoms with Crippen molar-refractivity contribution in [2.24, 2.45) is 0 Å². The molecule has 0 bridgehead atoms. The Hall–Kier alpha value is -1.12. The van der Waals surface area contributed by atoms with Gasteiger partial charge in [0.25, 0.3) is 0 Å². The van der Waals surface area contributed by atoms with E-state index in [9.17, 15) is 4.79 Å². The molecule has 1 aliphatic heterocycles. The molecule has 0 aliphatic carbocycles. The van der Waals surface area contributed by atoms with Crippen LogP contribution in [-0.2, 0) is 4.74 Å². The van der Waals surface area contributed by atoms with Crippen molar-refractivity contribution in [1.82, 2.24) is 15.1 Å². The van der Waals surface area contributed by atoms with E-state index in [4.69, 9.17) is 0 Å². The Morgan fingerprint density at radius 3 is 2.53 bits per heavy atom. The molecule has 2 rings (SSSR count). The van der Waals surface area contributed by atoms with E-state index < -0.39 is 0 Å². The van der Waals surface area contributed by atoms with Crippen molar-refractivity contribution in [2.75, 3.05) is 38.2 Å². The normalized spacial score (nSPS) is 15.9. The predicted molar refractivity (Wildman–Crippen MR) is 70.9 cm³/mol.